The van der Waals surface area contributed by atoms with Crippen molar-refractivity contribution in [3.63, 3.8) is 0 Å². The zero-order valence-corrected chi connectivity index (χ0v) is 12.2. The minimum Gasteiger partial charge on any atom is -0.369 e. The first-order chi connectivity index (χ1) is 10.4. The first kappa shape index (κ1) is 13.9. The number of para-hydroxylation sites is 1. The third-order valence-corrected chi connectivity index (χ3v) is 3.72. The molecule has 1 aliphatic heterocycles. The summed E-state index contributed by atoms with van der Waals surface area (Å²) in [7, 11) is 0. The fourth-order valence-corrected chi connectivity index (χ4v) is 2.52. The Balaban J connectivity index is 1.50. The third kappa shape index (κ3) is 3.97. The normalized spacial score (nSPS) is 15.0. The molecule has 2 aromatic carbocycles. The summed E-state index contributed by atoms with van der Waals surface area (Å²) < 4.78 is 0. The summed E-state index contributed by atoms with van der Waals surface area (Å²) in [6, 6.07) is 18.9. The van der Waals surface area contributed by atoms with Crippen molar-refractivity contribution in [2.45, 2.75) is 6.54 Å². The molecule has 2 aromatic rings. The van der Waals surface area contributed by atoms with E-state index in [9.17, 15) is 0 Å². The van der Waals surface area contributed by atoms with Crippen LogP contribution in [-0.2, 0) is 6.54 Å². The molecule has 0 aromatic heterocycles. The van der Waals surface area contributed by atoms with E-state index in [-0.39, 0.29) is 0 Å². The quantitative estimate of drug-likeness (QED) is 0.735. The largest absolute Gasteiger partial charge is 0.369 e. The van der Waals surface area contributed by atoms with Crippen LogP contribution in [0, 0.1) is 0 Å². The zero-order valence-electron chi connectivity index (χ0n) is 12.2. The predicted octanol–water partition coefficient (Wildman–Crippen LogP) is 2.21. The first-order valence-corrected chi connectivity index (χ1v) is 7.50. The number of nitrogens with one attached hydrogen (secondary N) is 3. The standard InChI is InChI=1S/C17H22N4/c1-2-4-16(5-3-1)20-19-14-15-6-8-17(9-7-15)21-12-10-18-11-13-21/h1-9,18-20H,10-14H2. The van der Waals surface area contributed by atoms with E-state index < -0.39 is 0 Å². The molecule has 0 atom stereocenters. The number of rotatable bonds is 5. The third-order valence-electron chi connectivity index (χ3n) is 3.72. The van der Waals surface area contributed by atoms with E-state index in [1.54, 1.807) is 0 Å². The maximum atomic E-state index is 3.38. The van der Waals surface area contributed by atoms with E-state index in [2.05, 4.69) is 45.3 Å². The summed E-state index contributed by atoms with van der Waals surface area (Å²) in [5, 5.41) is 3.38. The van der Waals surface area contributed by atoms with Gasteiger partial charge >= 0.3 is 0 Å². The lowest BCUT2D eigenvalue weighted by atomic mass is 10.2. The van der Waals surface area contributed by atoms with Crippen molar-refractivity contribution in [2.24, 2.45) is 0 Å². The molecule has 1 saturated heterocycles. The van der Waals surface area contributed by atoms with Crippen molar-refractivity contribution in [1.29, 1.82) is 0 Å². The average molecular weight is 282 g/mol. The van der Waals surface area contributed by atoms with E-state index in [1.807, 2.05) is 30.3 Å². The molecule has 0 saturated carbocycles. The van der Waals surface area contributed by atoms with Gasteiger partial charge in [0.2, 0.25) is 0 Å². The number of hydrazine groups is 1. The highest BCUT2D eigenvalue weighted by molar-refractivity contribution is 5.48. The zero-order chi connectivity index (χ0) is 14.3. The Morgan fingerprint density at radius 1 is 0.905 bits per heavy atom. The number of anilines is 2. The summed E-state index contributed by atoms with van der Waals surface area (Å²) in [6.45, 7) is 5.13. The van der Waals surface area contributed by atoms with E-state index in [0.717, 1.165) is 38.4 Å². The van der Waals surface area contributed by atoms with Gasteiger partial charge in [0, 0.05) is 44.1 Å². The second-order valence-electron chi connectivity index (χ2n) is 5.25. The molecule has 0 unspecified atom stereocenters. The van der Waals surface area contributed by atoms with Gasteiger partial charge in [-0.05, 0) is 29.8 Å². The Morgan fingerprint density at radius 3 is 2.33 bits per heavy atom. The SMILES string of the molecule is c1ccc(NNCc2ccc(N3CCNCC3)cc2)cc1. The van der Waals surface area contributed by atoms with Crippen molar-refractivity contribution in [1.82, 2.24) is 10.7 Å². The molecule has 4 nitrogen and oxygen atoms in total. The molecule has 3 N–H and O–H groups in total. The second kappa shape index (κ2) is 7.11. The fourth-order valence-electron chi connectivity index (χ4n) is 2.52. The van der Waals surface area contributed by atoms with Crippen molar-refractivity contribution in [3.05, 3.63) is 60.2 Å². The van der Waals surface area contributed by atoms with Crippen LogP contribution in [0.1, 0.15) is 5.56 Å². The molecule has 1 heterocycles. The van der Waals surface area contributed by atoms with Crippen LogP contribution in [0.5, 0.6) is 0 Å². The molecule has 21 heavy (non-hydrogen) atoms. The summed E-state index contributed by atoms with van der Waals surface area (Å²) >= 11 is 0. The van der Waals surface area contributed by atoms with Crippen molar-refractivity contribution >= 4 is 11.4 Å². The molecule has 1 fully saturated rings. The smallest absolute Gasteiger partial charge is 0.0487 e. The van der Waals surface area contributed by atoms with Crippen LogP contribution in [0.2, 0.25) is 0 Å². The molecule has 110 valence electrons. The second-order valence-corrected chi connectivity index (χ2v) is 5.25. The number of piperazine rings is 1. The van der Waals surface area contributed by atoms with Crippen molar-refractivity contribution < 1.29 is 0 Å². The Kier molecular flexibility index (Phi) is 4.71. The van der Waals surface area contributed by atoms with Crippen LogP contribution in [0.3, 0.4) is 0 Å². The molecule has 0 radical (unpaired) electrons. The predicted molar refractivity (Wildman–Crippen MR) is 88.4 cm³/mol. The summed E-state index contributed by atoms with van der Waals surface area (Å²) in [4.78, 5) is 2.43. The number of nitrogens with zero attached hydrogens (tertiary/aromatic N) is 1. The Labute approximate surface area is 126 Å². The summed E-state index contributed by atoms with van der Waals surface area (Å²) in [6.07, 6.45) is 0. The molecule has 0 bridgehead atoms. The van der Waals surface area contributed by atoms with Gasteiger partial charge in [0.05, 0.1) is 0 Å². The first-order valence-electron chi connectivity index (χ1n) is 7.50. The van der Waals surface area contributed by atoms with Crippen molar-refractivity contribution in [3.8, 4) is 0 Å². The molecule has 0 amide bonds. The van der Waals surface area contributed by atoms with Gasteiger partial charge in [0.15, 0.2) is 0 Å². The van der Waals surface area contributed by atoms with Crippen LogP contribution in [0.4, 0.5) is 11.4 Å². The average Bonchev–Trinajstić information content (AvgIpc) is 2.57. The number of hydrogen-bond donors (Lipinski definition) is 3. The molecule has 3 rings (SSSR count). The van der Waals surface area contributed by atoms with Crippen LogP contribution < -0.4 is 21.1 Å². The van der Waals surface area contributed by atoms with E-state index in [4.69, 9.17) is 0 Å². The Morgan fingerprint density at radius 2 is 1.62 bits per heavy atom. The topological polar surface area (TPSA) is 39.3 Å². The van der Waals surface area contributed by atoms with E-state index >= 15 is 0 Å². The maximum Gasteiger partial charge on any atom is 0.0487 e. The Bertz CT molecular complexity index is 532. The van der Waals surface area contributed by atoms with Crippen LogP contribution in [-0.4, -0.2) is 26.2 Å². The van der Waals surface area contributed by atoms with Gasteiger partial charge < -0.3 is 15.6 Å². The van der Waals surface area contributed by atoms with Gasteiger partial charge in [-0.2, -0.15) is 0 Å². The molecular formula is C17H22N4. The van der Waals surface area contributed by atoms with E-state index in [1.165, 1.54) is 11.3 Å². The van der Waals surface area contributed by atoms with Gasteiger partial charge in [0.25, 0.3) is 0 Å². The molecule has 0 aliphatic carbocycles. The van der Waals surface area contributed by atoms with Gasteiger partial charge in [0.1, 0.15) is 0 Å². The molecule has 0 spiro atoms. The number of benzene rings is 2. The van der Waals surface area contributed by atoms with Gasteiger partial charge in [-0.15, -0.1) is 0 Å². The lowest BCUT2D eigenvalue weighted by Crippen LogP contribution is -2.43. The highest BCUT2D eigenvalue weighted by Gasteiger charge is 2.09. The highest BCUT2D eigenvalue weighted by Crippen LogP contribution is 2.15. The summed E-state index contributed by atoms with van der Waals surface area (Å²) in [5.74, 6) is 0. The fraction of sp³-hybridized carbons (Fsp3) is 0.294. The number of hydrogen-bond acceptors (Lipinski definition) is 4. The Hall–Kier alpha value is -2.04. The lowest BCUT2D eigenvalue weighted by Gasteiger charge is -2.29. The van der Waals surface area contributed by atoms with Crippen LogP contribution in [0.15, 0.2) is 54.6 Å². The summed E-state index contributed by atoms with van der Waals surface area (Å²) in [5.41, 5.74) is 10.1. The van der Waals surface area contributed by atoms with Gasteiger partial charge in [-0.1, -0.05) is 30.3 Å². The van der Waals surface area contributed by atoms with Crippen LogP contribution >= 0.6 is 0 Å². The minimum atomic E-state index is 0.802. The monoisotopic (exact) mass is 282 g/mol. The van der Waals surface area contributed by atoms with Crippen molar-refractivity contribution in [2.75, 3.05) is 36.5 Å². The van der Waals surface area contributed by atoms with Crippen LogP contribution in [0.25, 0.3) is 0 Å². The lowest BCUT2D eigenvalue weighted by molar-refractivity contribution is 0.589. The highest BCUT2D eigenvalue weighted by atomic mass is 15.3. The molecule has 1 aliphatic rings. The maximum absolute atomic E-state index is 3.38. The minimum absolute atomic E-state index is 0.802. The van der Waals surface area contributed by atoms with Gasteiger partial charge in [-0.3, -0.25) is 0 Å². The van der Waals surface area contributed by atoms with Gasteiger partial charge in [-0.25, -0.2) is 5.43 Å². The molecular weight excluding hydrogens is 260 g/mol. The molecule has 4 heteroatoms. The van der Waals surface area contributed by atoms with E-state index in [0.29, 0.717) is 0 Å².